The van der Waals surface area contributed by atoms with Gasteiger partial charge in [-0.1, -0.05) is 83.6 Å². The molecular weight excluding hydrogens is 392 g/mol. The third-order valence-electron chi connectivity index (χ3n) is 4.96. The van der Waals surface area contributed by atoms with Gasteiger partial charge in [0, 0.05) is 18.9 Å². The third-order valence-corrected chi connectivity index (χ3v) is 4.96. The molecule has 182 valence electrons. The Hall–Kier alpha value is -1.17. The first-order valence-electron chi connectivity index (χ1n) is 12.4. The fourth-order valence-corrected chi connectivity index (χ4v) is 2.89. The molecule has 1 atom stereocenters. The Balaban J connectivity index is 4.23. The van der Waals surface area contributed by atoms with Crippen LogP contribution in [-0.4, -0.2) is 43.8 Å². The van der Waals surface area contributed by atoms with E-state index in [0.717, 1.165) is 12.8 Å². The highest BCUT2D eigenvalue weighted by molar-refractivity contribution is 5.69. The van der Waals surface area contributed by atoms with Crippen LogP contribution in [0.1, 0.15) is 97.8 Å². The normalized spacial score (nSPS) is 12.9. The summed E-state index contributed by atoms with van der Waals surface area (Å²) < 4.78 is 16.9. The van der Waals surface area contributed by atoms with E-state index in [0.29, 0.717) is 19.6 Å². The van der Waals surface area contributed by atoms with Gasteiger partial charge in [0.25, 0.3) is 0 Å². The Bertz CT molecular complexity index is 421. The fraction of sp³-hybridized carbons (Fsp3) is 0.808. The first-order chi connectivity index (χ1) is 15.1. The summed E-state index contributed by atoms with van der Waals surface area (Å²) in [5.74, 6) is -0.326. The first kappa shape index (κ1) is 29.8. The predicted octanol–water partition coefficient (Wildman–Crippen LogP) is 6.35. The van der Waals surface area contributed by atoms with E-state index in [1.54, 1.807) is 0 Å². The largest absolute Gasteiger partial charge is 0.465 e. The topological polar surface area (TPSA) is 65.0 Å². The van der Waals surface area contributed by atoms with Gasteiger partial charge in [-0.05, 0) is 25.7 Å². The molecular formula is C26H48O5. The van der Waals surface area contributed by atoms with Crippen molar-refractivity contribution in [1.82, 2.24) is 0 Å². The lowest BCUT2D eigenvalue weighted by Crippen LogP contribution is -2.21. The van der Waals surface area contributed by atoms with E-state index in [4.69, 9.17) is 19.3 Å². The number of allylic oxidation sites excluding steroid dienone is 2. The molecule has 0 aliphatic carbocycles. The van der Waals surface area contributed by atoms with Crippen molar-refractivity contribution in [2.45, 2.75) is 104 Å². The van der Waals surface area contributed by atoms with Crippen LogP contribution in [0.5, 0.6) is 0 Å². The van der Waals surface area contributed by atoms with Gasteiger partial charge in [0.2, 0.25) is 0 Å². The van der Waals surface area contributed by atoms with Crippen LogP contribution in [0.25, 0.3) is 0 Å². The Kier molecular flexibility index (Phi) is 22.6. The minimum atomic E-state index is -0.433. The monoisotopic (exact) mass is 440 g/mol. The zero-order chi connectivity index (χ0) is 23.0. The van der Waals surface area contributed by atoms with Gasteiger partial charge in [0.15, 0.2) is 6.29 Å². The number of hydrogen-bond donors (Lipinski definition) is 1. The van der Waals surface area contributed by atoms with Crippen LogP contribution in [0.2, 0.25) is 0 Å². The molecule has 0 saturated carbocycles. The van der Waals surface area contributed by atoms with Crippen molar-refractivity contribution in [2.75, 3.05) is 26.4 Å². The maximum absolute atomic E-state index is 11.9. The smallest absolute Gasteiger partial charge is 0.305 e. The van der Waals surface area contributed by atoms with Gasteiger partial charge in [0.05, 0.1) is 26.2 Å². The Morgan fingerprint density at radius 3 is 1.87 bits per heavy atom. The molecule has 1 N–H and O–H groups in total. The van der Waals surface area contributed by atoms with E-state index in [1.165, 1.54) is 51.4 Å². The molecule has 0 aromatic heterocycles. The van der Waals surface area contributed by atoms with Crippen molar-refractivity contribution in [3.63, 3.8) is 0 Å². The van der Waals surface area contributed by atoms with Gasteiger partial charge >= 0.3 is 5.97 Å². The SMILES string of the molecule is CCCCCC/C=C\COC(CCC(=O)OCC(C)CO)OC/C=C\CCCCCC. The van der Waals surface area contributed by atoms with Crippen molar-refractivity contribution < 1.29 is 24.1 Å². The second kappa shape index (κ2) is 23.5. The Labute approximate surface area is 191 Å². The van der Waals surface area contributed by atoms with Crippen molar-refractivity contribution >= 4 is 5.97 Å². The van der Waals surface area contributed by atoms with Crippen molar-refractivity contribution in [1.29, 1.82) is 0 Å². The molecule has 0 rings (SSSR count). The average molecular weight is 441 g/mol. The fourth-order valence-electron chi connectivity index (χ4n) is 2.89. The summed E-state index contributed by atoms with van der Waals surface area (Å²) in [7, 11) is 0. The molecule has 0 aromatic carbocycles. The van der Waals surface area contributed by atoms with E-state index in [-0.39, 0.29) is 31.5 Å². The zero-order valence-corrected chi connectivity index (χ0v) is 20.4. The van der Waals surface area contributed by atoms with E-state index >= 15 is 0 Å². The number of aliphatic hydroxyl groups is 1. The van der Waals surface area contributed by atoms with Crippen LogP contribution in [0.4, 0.5) is 0 Å². The molecule has 0 amide bonds. The minimum Gasteiger partial charge on any atom is -0.465 e. The number of hydrogen-bond acceptors (Lipinski definition) is 5. The maximum Gasteiger partial charge on any atom is 0.305 e. The lowest BCUT2D eigenvalue weighted by Gasteiger charge is -2.17. The van der Waals surface area contributed by atoms with Crippen LogP contribution >= 0.6 is 0 Å². The van der Waals surface area contributed by atoms with Gasteiger partial charge in [-0.3, -0.25) is 4.79 Å². The van der Waals surface area contributed by atoms with E-state index < -0.39 is 6.29 Å². The molecule has 0 aliphatic rings. The standard InChI is InChI=1S/C26H48O5/c1-4-6-8-10-12-14-16-20-29-26(19-18-25(28)31-23-24(3)22-27)30-21-17-15-13-11-9-7-5-2/h14-17,24,26-27H,4-13,18-23H2,1-3H3/b16-14-,17-15-. The van der Waals surface area contributed by atoms with E-state index in [9.17, 15) is 4.79 Å². The summed E-state index contributed by atoms with van der Waals surface area (Å²) in [5.41, 5.74) is 0. The molecule has 0 aliphatic heterocycles. The average Bonchev–Trinajstić information content (AvgIpc) is 2.78. The van der Waals surface area contributed by atoms with Gasteiger partial charge < -0.3 is 19.3 Å². The zero-order valence-electron chi connectivity index (χ0n) is 20.4. The van der Waals surface area contributed by atoms with Crippen LogP contribution in [0.15, 0.2) is 24.3 Å². The third kappa shape index (κ3) is 21.8. The predicted molar refractivity (Wildman–Crippen MR) is 128 cm³/mol. The summed E-state index contributed by atoms with van der Waals surface area (Å²) in [6.45, 7) is 7.49. The lowest BCUT2D eigenvalue weighted by atomic mass is 10.1. The number of ether oxygens (including phenoxy) is 3. The van der Waals surface area contributed by atoms with Gasteiger partial charge in [-0.15, -0.1) is 0 Å². The minimum absolute atomic E-state index is 0.0116. The molecule has 0 spiro atoms. The number of aliphatic hydroxyl groups excluding tert-OH is 1. The highest BCUT2D eigenvalue weighted by Gasteiger charge is 2.13. The number of rotatable bonds is 22. The summed E-state index contributed by atoms with van der Waals surface area (Å²) in [4.78, 5) is 11.9. The van der Waals surface area contributed by atoms with Crippen LogP contribution in [0, 0.1) is 5.92 Å². The molecule has 5 heteroatoms. The number of unbranched alkanes of at least 4 members (excludes halogenated alkanes) is 8. The highest BCUT2D eigenvalue weighted by atomic mass is 16.7. The molecule has 0 heterocycles. The summed E-state index contributed by atoms with van der Waals surface area (Å²) in [6.07, 6.45) is 20.9. The van der Waals surface area contributed by atoms with E-state index in [2.05, 4.69) is 26.0 Å². The van der Waals surface area contributed by atoms with Crippen LogP contribution in [-0.2, 0) is 19.0 Å². The quantitative estimate of drug-likeness (QED) is 0.0919. The first-order valence-corrected chi connectivity index (χ1v) is 12.4. The van der Waals surface area contributed by atoms with Crippen molar-refractivity contribution in [3.8, 4) is 0 Å². The molecule has 31 heavy (non-hydrogen) atoms. The van der Waals surface area contributed by atoms with Crippen LogP contribution in [0.3, 0.4) is 0 Å². The number of esters is 1. The highest BCUT2D eigenvalue weighted by Crippen LogP contribution is 2.09. The maximum atomic E-state index is 11.9. The summed E-state index contributed by atoms with van der Waals surface area (Å²) in [6, 6.07) is 0. The molecule has 0 radical (unpaired) electrons. The molecule has 0 aromatic rings. The second-order valence-electron chi connectivity index (χ2n) is 8.25. The molecule has 5 nitrogen and oxygen atoms in total. The second-order valence-corrected chi connectivity index (χ2v) is 8.25. The summed E-state index contributed by atoms with van der Waals surface area (Å²) in [5, 5.41) is 9.02. The van der Waals surface area contributed by atoms with Gasteiger partial charge in [-0.2, -0.15) is 0 Å². The Morgan fingerprint density at radius 1 is 0.839 bits per heavy atom. The molecule has 1 unspecified atom stereocenters. The Morgan fingerprint density at radius 2 is 1.39 bits per heavy atom. The lowest BCUT2D eigenvalue weighted by molar-refractivity contribution is -0.154. The van der Waals surface area contributed by atoms with E-state index in [1.807, 2.05) is 19.1 Å². The van der Waals surface area contributed by atoms with Crippen molar-refractivity contribution in [3.05, 3.63) is 24.3 Å². The molecule has 0 fully saturated rings. The molecule has 0 bridgehead atoms. The van der Waals surface area contributed by atoms with Gasteiger partial charge in [-0.25, -0.2) is 0 Å². The van der Waals surface area contributed by atoms with Gasteiger partial charge in [0.1, 0.15) is 0 Å². The number of carbonyl (C=O) groups is 1. The summed E-state index contributed by atoms with van der Waals surface area (Å²) >= 11 is 0. The molecule has 0 saturated heterocycles. The number of carbonyl (C=O) groups excluding carboxylic acids is 1. The van der Waals surface area contributed by atoms with Crippen molar-refractivity contribution in [2.24, 2.45) is 5.92 Å². The van der Waals surface area contributed by atoms with Crippen LogP contribution < -0.4 is 0 Å².